The van der Waals surface area contributed by atoms with Crippen molar-refractivity contribution in [2.24, 2.45) is 0 Å². The summed E-state index contributed by atoms with van der Waals surface area (Å²) >= 11 is 0. The molecule has 0 nitrogen and oxygen atoms in total. The van der Waals surface area contributed by atoms with Crippen molar-refractivity contribution in [2.45, 2.75) is 45.4 Å². The highest BCUT2D eigenvalue weighted by atomic mass is 14.4. The number of allylic oxidation sites excluding steroid dienone is 4. The molecule has 0 saturated carbocycles. The molecule has 0 saturated heterocycles. The van der Waals surface area contributed by atoms with E-state index in [9.17, 15) is 0 Å². The third kappa shape index (κ3) is 2.80. The lowest BCUT2D eigenvalue weighted by atomic mass is 9.80. The molecule has 1 aliphatic carbocycles. The van der Waals surface area contributed by atoms with Crippen LogP contribution in [0.25, 0.3) is 16.7 Å². The van der Waals surface area contributed by atoms with Crippen LogP contribution < -0.4 is 0 Å². The van der Waals surface area contributed by atoms with Crippen molar-refractivity contribution >= 4 is 5.57 Å². The molecule has 0 aliphatic heterocycles. The summed E-state index contributed by atoms with van der Waals surface area (Å²) in [6.45, 7) is 19.3. The first-order chi connectivity index (χ1) is 11.7. The van der Waals surface area contributed by atoms with Crippen molar-refractivity contribution < 1.29 is 0 Å². The Labute approximate surface area is 152 Å². The predicted octanol–water partition coefficient (Wildman–Crippen LogP) is 7.07. The highest BCUT2D eigenvalue weighted by Gasteiger charge is 2.35. The second-order valence-corrected chi connectivity index (χ2v) is 8.45. The molecule has 0 heterocycles. The zero-order chi connectivity index (χ0) is 18.4. The van der Waals surface area contributed by atoms with Crippen LogP contribution in [-0.4, -0.2) is 0 Å². The van der Waals surface area contributed by atoms with Gasteiger partial charge in [-0.25, -0.2) is 0 Å². The minimum Gasteiger partial charge on any atom is -0.0987 e. The highest BCUT2D eigenvalue weighted by molar-refractivity contribution is 5.88. The monoisotopic (exact) mass is 328 g/mol. The average Bonchev–Trinajstić information content (AvgIpc) is 2.80. The maximum atomic E-state index is 4.03. The summed E-state index contributed by atoms with van der Waals surface area (Å²) in [6, 6.07) is 15.8. The van der Waals surface area contributed by atoms with E-state index in [2.05, 4.69) is 90.2 Å². The summed E-state index contributed by atoms with van der Waals surface area (Å²) < 4.78 is 0. The first kappa shape index (κ1) is 17.5. The Morgan fingerprint density at radius 1 is 0.840 bits per heavy atom. The number of hydrogen-bond donors (Lipinski definition) is 0. The lowest BCUT2D eigenvalue weighted by molar-refractivity contribution is 0.590. The fourth-order valence-electron chi connectivity index (χ4n) is 3.85. The van der Waals surface area contributed by atoms with Crippen molar-refractivity contribution in [3.05, 3.63) is 90.0 Å². The quantitative estimate of drug-likeness (QED) is 0.565. The topological polar surface area (TPSA) is 0 Å². The Morgan fingerprint density at radius 2 is 1.44 bits per heavy atom. The normalized spacial score (nSPS) is 15.9. The van der Waals surface area contributed by atoms with E-state index in [-0.39, 0.29) is 10.8 Å². The van der Waals surface area contributed by atoms with Gasteiger partial charge in [0.25, 0.3) is 0 Å². The summed E-state index contributed by atoms with van der Waals surface area (Å²) in [5.74, 6) is 0. The highest BCUT2D eigenvalue weighted by Crippen LogP contribution is 2.48. The molecule has 0 bridgehead atoms. The molecule has 2 aromatic carbocycles. The van der Waals surface area contributed by atoms with Gasteiger partial charge in [-0.3, -0.25) is 0 Å². The molecule has 0 spiro atoms. The second-order valence-electron chi connectivity index (χ2n) is 8.45. The molecule has 0 fully saturated rings. The van der Waals surface area contributed by atoms with Gasteiger partial charge in [-0.1, -0.05) is 96.3 Å². The van der Waals surface area contributed by atoms with Crippen molar-refractivity contribution in [3.63, 3.8) is 0 Å². The first-order valence-corrected chi connectivity index (χ1v) is 8.95. The Balaban J connectivity index is 2.08. The van der Waals surface area contributed by atoms with E-state index in [1.54, 1.807) is 0 Å². The molecule has 0 atom stereocenters. The molecule has 1 aliphatic rings. The van der Waals surface area contributed by atoms with Crippen LogP contribution >= 0.6 is 0 Å². The lowest BCUT2D eigenvalue weighted by Gasteiger charge is -2.23. The third-order valence-electron chi connectivity index (χ3n) is 5.44. The van der Waals surface area contributed by atoms with Gasteiger partial charge in [0.2, 0.25) is 0 Å². The van der Waals surface area contributed by atoms with Crippen molar-refractivity contribution in [2.75, 3.05) is 0 Å². The standard InChI is InChI=1S/C25H28/c1-8-20-21-15-12-18(16-23(21)25(6,7)22(20)9-2)17-10-13-19(14-11-17)24(3,4)5/h8-16H,1-2H2,3-7H3. The molecule has 0 unspecified atom stereocenters. The molecule has 25 heavy (non-hydrogen) atoms. The average molecular weight is 328 g/mol. The molecule has 0 heteroatoms. The number of hydrogen-bond acceptors (Lipinski definition) is 0. The molecule has 0 aromatic heterocycles. The van der Waals surface area contributed by atoms with E-state index in [4.69, 9.17) is 0 Å². The molecular weight excluding hydrogens is 300 g/mol. The number of rotatable bonds is 3. The molecule has 0 radical (unpaired) electrons. The fraction of sp³-hybridized carbons (Fsp3) is 0.280. The minimum atomic E-state index is -0.0397. The number of benzene rings is 2. The van der Waals surface area contributed by atoms with Gasteiger partial charge in [0.15, 0.2) is 0 Å². The largest absolute Gasteiger partial charge is 0.0987 e. The minimum absolute atomic E-state index is 0.0397. The van der Waals surface area contributed by atoms with E-state index in [0.717, 1.165) is 0 Å². The van der Waals surface area contributed by atoms with Crippen molar-refractivity contribution in [3.8, 4) is 11.1 Å². The molecular formula is C25H28. The Morgan fingerprint density at radius 3 is 1.96 bits per heavy atom. The Bertz CT molecular complexity index is 865. The van der Waals surface area contributed by atoms with Gasteiger partial charge in [0, 0.05) is 5.41 Å². The summed E-state index contributed by atoms with van der Waals surface area (Å²) in [7, 11) is 0. The number of fused-ring (bicyclic) bond motifs is 1. The van der Waals surface area contributed by atoms with Gasteiger partial charge in [0.1, 0.15) is 0 Å². The van der Waals surface area contributed by atoms with E-state index in [0.29, 0.717) is 0 Å². The van der Waals surface area contributed by atoms with Crippen LogP contribution in [0.3, 0.4) is 0 Å². The van der Waals surface area contributed by atoms with Crippen LogP contribution in [0.4, 0.5) is 0 Å². The SMILES string of the molecule is C=CC1=C(C=C)C(C)(C)c2cc(-c3ccc(C(C)(C)C)cc3)ccc21. The maximum Gasteiger partial charge on any atom is 0.0158 e. The molecule has 3 rings (SSSR count). The first-order valence-electron chi connectivity index (χ1n) is 8.95. The van der Waals surface area contributed by atoms with Gasteiger partial charge < -0.3 is 0 Å². The van der Waals surface area contributed by atoms with Gasteiger partial charge in [-0.05, 0) is 50.4 Å². The van der Waals surface area contributed by atoms with E-state index in [1.807, 2.05) is 12.2 Å². The van der Waals surface area contributed by atoms with Gasteiger partial charge in [-0.15, -0.1) is 0 Å². The van der Waals surface area contributed by atoms with Crippen molar-refractivity contribution in [1.82, 2.24) is 0 Å². The molecule has 2 aromatic rings. The van der Waals surface area contributed by atoms with Crippen LogP contribution in [0, 0.1) is 0 Å². The fourth-order valence-corrected chi connectivity index (χ4v) is 3.85. The van der Waals surface area contributed by atoms with Crippen LogP contribution in [0.15, 0.2) is 73.3 Å². The summed E-state index contributed by atoms with van der Waals surface area (Å²) in [6.07, 6.45) is 3.94. The van der Waals surface area contributed by atoms with Crippen molar-refractivity contribution in [1.29, 1.82) is 0 Å². The third-order valence-corrected chi connectivity index (χ3v) is 5.44. The molecule has 0 N–H and O–H groups in total. The van der Waals surface area contributed by atoms with E-state index < -0.39 is 0 Å². The molecule has 128 valence electrons. The lowest BCUT2D eigenvalue weighted by Crippen LogP contribution is -2.16. The van der Waals surface area contributed by atoms with Crippen LogP contribution in [0.1, 0.15) is 51.3 Å². The second kappa shape index (κ2) is 5.88. The zero-order valence-corrected chi connectivity index (χ0v) is 16.1. The summed E-state index contributed by atoms with van der Waals surface area (Å²) in [4.78, 5) is 0. The van der Waals surface area contributed by atoms with Crippen LogP contribution in [0.5, 0.6) is 0 Å². The Kier molecular flexibility index (Phi) is 4.11. The zero-order valence-electron chi connectivity index (χ0n) is 16.1. The van der Waals surface area contributed by atoms with Crippen LogP contribution in [-0.2, 0) is 10.8 Å². The van der Waals surface area contributed by atoms with E-state index >= 15 is 0 Å². The predicted molar refractivity (Wildman–Crippen MR) is 111 cm³/mol. The van der Waals surface area contributed by atoms with Gasteiger partial charge in [0.05, 0.1) is 0 Å². The maximum absolute atomic E-state index is 4.03. The Hall–Kier alpha value is -2.34. The van der Waals surface area contributed by atoms with Crippen LogP contribution in [0.2, 0.25) is 0 Å². The van der Waals surface area contributed by atoms with Gasteiger partial charge >= 0.3 is 0 Å². The summed E-state index contributed by atoms with van der Waals surface area (Å²) in [5, 5.41) is 0. The smallest absolute Gasteiger partial charge is 0.0158 e. The summed E-state index contributed by atoms with van der Waals surface area (Å²) in [5.41, 5.74) is 9.14. The van der Waals surface area contributed by atoms with E-state index in [1.165, 1.54) is 39.0 Å². The van der Waals surface area contributed by atoms with Gasteiger partial charge in [-0.2, -0.15) is 0 Å². The molecule has 0 amide bonds.